The van der Waals surface area contributed by atoms with Crippen molar-refractivity contribution in [3.05, 3.63) is 23.8 Å². The van der Waals surface area contributed by atoms with Crippen LogP contribution >= 0.6 is 11.8 Å². The van der Waals surface area contributed by atoms with Crippen LogP contribution in [0.2, 0.25) is 0 Å². The molecule has 0 aliphatic heterocycles. The molecule has 116 valence electrons. The van der Waals surface area contributed by atoms with Gasteiger partial charge in [0, 0.05) is 24.8 Å². The van der Waals surface area contributed by atoms with Crippen LogP contribution in [0.3, 0.4) is 0 Å². The van der Waals surface area contributed by atoms with Crippen LogP contribution < -0.4 is 5.32 Å². The topological polar surface area (TPSA) is 89.9 Å². The minimum atomic E-state index is -1.21. The lowest BCUT2D eigenvalue weighted by atomic mass is 10.2. The summed E-state index contributed by atoms with van der Waals surface area (Å²) in [5.41, 5.74) is 0.154. The number of nitrogens with one attached hydrogen (secondary N) is 1. The Hall–Kier alpha value is -1.89. The van der Waals surface area contributed by atoms with Gasteiger partial charge in [0.05, 0.1) is 0 Å². The zero-order chi connectivity index (χ0) is 16.0. The molecule has 0 aliphatic carbocycles. The summed E-state index contributed by atoms with van der Waals surface area (Å²) in [5.74, 6) is -0.626. The largest absolute Gasteiger partial charge is 0.507 e. The van der Waals surface area contributed by atoms with E-state index < -0.39 is 5.97 Å². The number of nitrogens with zero attached hydrogens (tertiary/aromatic N) is 1. The van der Waals surface area contributed by atoms with Gasteiger partial charge in [0.15, 0.2) is 0 Å². The van der Waals surface area contributed by atoms with E-state index in [0.29, 0.717) is 5.69 Å². The molecule has 1 atom stereocenters. The lowest BCUT2D eigenvalue weighted by molar-refractivity contribution is 0.0694. The third-order valence-corrected chi connectivity index (χ3v) is 3.84. The normalized spacial score (nSPS) is 11.8. The van der Waals surface area contributed by atoms with E-state index in [2.05, 4.69) is 5.32 Å². The second kappa shape index (κ2) is 7.78. The van der Waals surface area contributed by atoms with E-state index >= 15 is 0 Å². The summed E-state index contributed by atoms with van der Waals surface area (Å²) in [6, 6.07) is 3.71. The van der Waals surface area contributed by atoms with E-state index in [0.717, 1.165) is 12.2 Å². The van der Waals surface area contributed by atoms with Crippen LogP contribution in [0.4, 0.5) is 10.5 Å². The van der Waals surface area contributed by atoms with Crippen LogP contribution in [0.1, 0.15) is 23.7 Å². The lowest BCUT2D eigenvalue weighted by Gasteiger charge is -2.25. The van der Waals surface area contributed by atoms with E-state index in [9.17, 15) is 14.7 Å². The van der Waals surface area contributed by atoms with Crippen molar-refractivity contribution in [2.75, 3.05) is 24.4 Å². The highest BCUT2D eigenvalue weighted by Crippen LogP contribution is 2.22. The van der Waals surface area contributed by atoms with Gasteiger partial charge in [-0.3, -0.25) is 0 Å². The number of carboxylic acids is 1. The number of aromatic hydroxyl groups is 1. The molecule has 0 aromatic heterocycles. The van der Waals surface area contributed by atoms with Crippen molar-refractivity contribution in [3.8, 4) is 5.75 Å². The standard InChI is InChI=1S/C14H20N2O4S/c1-9(6-7-21-3)16(2)14(20)15-10-4-5-11(13(18)19)12(17)8-10/h4-5,8-9,17H,6-7H2,1-3H3,(H,15,20)(H,18,19). The SMILES string of the molecule is CSCCC(C)N(C)C(=O)Nc1ccc(C(=O)O)c(O)c1. The molecule has 0 saturated carbocycles. The molecule has 0 saturated heterocycles. The number of hydrogen-bond donors (Lipinski definition) is 3. The van der Waals surface area contributed by atoms with Crippen LogP contribution in [0, 0.1) is 0 Å². The van der Waals surface area contributed by atoms with Gasteiger partial charge in [-0.05, 0) is 37.5 Å². The predicted octanol–water partition coefficient (Wildman–Crippen LogP) is 2.70. The number of benzene rings is 1. The number of rotatable bonds is 6. The molecule has 0 spiro atoms. The number of hydrogen-bond acceptors (Lipinski definition) is 4. The van der Waals surface area contributed by atoms with Gasteiger partial charge >= 0.3 is 12.0 Å². The fourth-order valence-electron chi connectivity index (χ4n) is 1.68. The third-order valence-electron chi connectivity index (χ3n) is 3.20. The van der Waals surface area contributed by atoms with Crippen molar-refractivity contribution in [1.82, 2.24) is 4.90 Å². The number of anilines is 1. The molecule has 6 nitrogen and oxygen atoms in total. The van der Waals surface area contributed by atoms with Gasteiger partial charge in [0.25, 0.3) is 0 Å². The second-order valence-electron chi connectivity index (χ2n) is 4.71. The fraction of sp³-hybridized carbons (Fsp3) is 0.429. The molecular formula is C14H20N2O4S. The maximum absolute atomic E-state index is 12.1. The summed E-state index contributed by atoms with van der Waals surface area (Å²) in [6.07, 6.45) is 2.90. The van der Waals surface area contributed by atoms with Crippen LogP contribution in [0.25, 0.3) is 0 Å². The smallest absolute Gasteiger partial charge is 0.339 e. The number of carbonyl (C=O) groups is 2. The van der Waals surface area contributed by atoms with Crippen molar-refractivity contribution in [1.29, 1.82) is 0 Å². The zero-order valence-corrected chi connectivity index (χ0v) is 13.1. The molecule has 0 heterocycles. The maximum Gasteiger partial charge on any atom is 0.339 e. The number of carboxylic acid groups (broad SMARTS) is 1. The van der Waals surface area contributed by atoms with Gasteiger partial charge in [-0.2, -0.15) is 11.8 Å². The summed E-state index contributed by atoms with van der Waals surface area (Å²) in [7, 11) is 1.70. The highest BCUT2D eigenvalue weighted by atomic mass is 32.2. The first-order chi connectivity index (χ1) is 9.86. The van der Waals surface area contributed by atoms with Gasteiger partial charge in [0.1, 0.15) is 11.3 Å². The molecule has 2 amide bonds. The number of thioether (sulfide) groups is 1. The fourth-order valence-corrected chi connectivity index (χ4v) is 2.26. The van der Waals surface area contributed by atoms with Crippen LogP contribution in [0.15, 0.2) is 18.2 Å². The molecule has 3 N–H and O–H groups in total. The molecule has 0 fully saturated rings. The monoisotopic (exact) mass is 312 g/mol. The Labute approximate surface area is 128 Å². The van der Waals surface area contributed by atoms with E-state index in [4.69, 9.17) is 5.11 Å². The second-order valence-corrected chi connectivity index (χ2v) is 5.69. The Morgan fingerprint density at radius 3 is 2.62 bits per heavy atom. The average Bonchev–Trinajstić information content (AvgIpc) is 2.43. The molecule has 0 aliphatic rings. The van der Waals surface area contributed by atoms with Crippen molar-refractivity contribution >= 4 is 29.4 Å². The average molecular weight is 312 g/mol. The van der Waals surface area contributed by atoms with Crippen LogP contribution in [-0.2, 0) is 0 Å². The molecule has 0 bridgehead atoms. The number of phenols is 1. The van der Waals surface area contributed by atoms with E-state index in [1.807, 2.05) is 13.2 Å². The Bertz CT molecular complexity index is 522. The van der Waals surface area contributed by atoms with Gasteiger partial charge in [0.2, 0.25) is 0 Å². The molecule has 1 unspecified atom stereocenters. The summed E-state index contributed by atoms with van der Waals surface area (Å²) in [6.45, 7) is 1.96. The van der Waals surface area contributed by atoms with E-state index in [1.54, 1.807) is 23.7 Å². The molecule has 1 aromatic carbocycles. The van der Waals surface area contributed by atoms with Gasteiger partial charge < -0.3 is 20.4 Å². The summed E-state index contributed by atoms with van der Waals surface area (Å²) >= 11 is 1.72. The minimum absolute atomic E-state index is 0.0874. The van der Waals surface area contributed by atoms with Crippen LogP contribution in [0.5, 0.6) is 5.75 Å². The Balaban J connectivity index is 2.70. The van der Waals surface area contributed by atoms with Crippen LogP contribution in [-0.4, -0.2) is 52.2 Å². The van der Waals surface area contributed by atoms with Crippen molar-refractivity contribution in [2.24, 2.45) is 0 Å². The first-order valence-corrected chi connectivity index (χ1v) is 7.85. The molecule has 1 rings (SSSR count). The van der Waals surface area contributed by atoms with Gasteiger partial charge in [-0.25, -0.2) is 9.59 Å². The summed E-state index contributed by atoms with van der Waals surface area (Å²) in [4.78, 5) is 24.4. The number of aromatic carboxylic acids is 1. The highest BCUT2D eigenvalue weighted by Gasteiger charge is 2.16. The third kappa shape index (κ3) is 4.86. The van der Waals surface area contributed by atoms with E-state index in [-0.39, 0.29) is 23.4 Å². The quantitative estimate of drug-likeness (QED) is 0.751. The molecule has 7 heteroatoms. The van der Waals surface area contributed by atoms with Crippen molar-refractivity contribution in [3.63, 3.8) is 0 Å². The molecule has 0 radical (unpaired) electrons. The zero-order valence-electron chi connectivity index (χ0n) is 12.3. The predicted molar refractivity (Wildman–Crippen MR) is 84.3 cm³/mol. The summed E-state index contributed by atoms with van der Waals surface area (Å²) in [5, 5.41) is 21.0. The Morgan fingerprint density at radius 1 is 1.43 bits per heavy atom. The van der Waals surface area contributed by atoms with Crippen molar-refractivity contribution in [2.45, 2.75) is 19.4 Å². The summed E-state index contributed by atoms with van der Waals surface area (Å²) < 4.78 is 0. The molecule has 21 heavy (non-hydrogen) atoms. The molecule has 1 aromatic rings. The first kappa shape index (κ1) is 17.2. The minimum Gasteiger partial charge on any atom is -0.507 e. The number of urea groups is 1. The molecular weight excluding hydrogens is 292 g/mol. The van der Waals surface area contributed by atoms with Crippen molar-refractivity contribution < 1.29 is 19.8 Å². The lowest BCUT2D eigenvalue weighted by Crippen LogP contribution is -2.38. The number of amides is 2. The first-order valence-electron chi connectivity index (χ1n) is 6.46. The highest BCUT2D eigenvalue weighted by molar-refractivity contribution is 7.98. The number of carbonyl (C=O) groups excluding carboxylic acids is 1. The van der Waals surface area contributed by atoms with Gasteiger partial charge in [-0.15, -0.1) is 0 Å². The maximum atomic E-state index is 12.1. The van der Waals surface area contributed by atoms with Gasteiger partial charge in [-0.1, -0.05) is 0 Å². The van der Waals surface area contributed by atoms with E-state index in [1.165, 1.54) is 18.2 Å². The Morgan fingerprint density at radius 2 is 2.10 bits per heavy atom. The Kier molecular flexibility index (Phi) is 6.36.